The van der Waals surface area contributed by atoms with Gasteiger partial charge in [-0.25, -0.2) is 9.59 Å². The first-order valence-corrected chi connectivity index (χ1v) is 5.30. The molecule has 8 nitrogen and oxygen atoms in total. The van der Waals surface area contributed by atoms with Crippen LogP contribution in [0.15, 0.2) is 0 Å². The third-order valence-corrected chi connectivity index (χ3v) is 2.39. The van der Waals surface area contributed by atoms with Crippen molar-refractivity contribution in [1.29, 1.82) is 0 Å². The van der Waals surface area contributed by atoms with Crippen molar-refractivity contribution in [3.8, 4) is 0 Å². The highest BCUT2D eigenvalue weighted by Gasteiger charge is 2.34. The number of nitrogens with one attached hydrogen (secondary N) is 2. The van der Waals surface area contributed by atoms with Gasteiger partial charge in [-0.2, -0.15) is 0 Å². The molecule has 0 spiro atoms. The van der Waals surface area contributed by atoms with Crippen LogP contribution in [0.1, 0.15) is 6.42 Å². The summed E-state index contributed by atoms with van der Waals surface area (Å²) in [6, 6.07) is -1.58. The Morgan fingerprint density at radius 1 is 1.59 bits per heavy atom. The molecule has 1 unspecified atom stereocenters. The monoisotopic (exact) mass is 244 g/mol. The molecule has 0 bridgehead atoms. The van der Waals surface area contributed by atoms with E-state index in [9.17, 15) is 14.4 Å². The number of carboxylic acid groups (broad SMARTS) is 1. The SMILES string of the molecule is NCCCNC(=O)N1CC(=O)NCC1C(=O)O. The molecule has 1 fully saturated rings. The summed E-state index contributed by atoms with van der Waals surface area (Å²) in [4.78, 5) is 34.7. The first-order chi connectivity index (χ1) is 8.06. The van der Waals surface area contributed by atoms with Crippen molar-refractivity contribution < 1.29 is 19.5 Å². The predicted molar refractivity (Wildman–Crippen MR) is 58.2 cm³/mol. The number of hydrogen-bond donors (Lipinski definition) is 4. The fourth-order valence-electron chi connectivity index (χ4n) is 1.47. The Hall–Kier alpha value is -1.83. The molecule has 17 heavy (non-hydrogen) atoms. The lowest BCUT2D eigenvalue weighted by Gasteiger charge is -2.32. The van der Waals surface area contributed by atoms with Gasteiger partial charge in [0.2, 0.25) is 5.91 Å². The maximum Gasteiger partial charge on any atom is 0.328 e. The van der Waals surface area contributed by atoms with Gasteiger partial charge in [0.15, 0.2) is 0 Å². The van der Waals surface area contributed by atoms with E-state index in [0.717, 1.165) is 4.90 Å². The highest BCUT2D eigenvalue weighted by molar-refractivity contribution is 5.90. The molecule has 5 N–H and O–H groups in total. The van der Waals surface area contributed by atoms with Gasteiger partial charge in [-0.3, -0.25) is 9.69 Å². The van der Waals surface area contributed by atoms with Crippen molar-refractivity contribution >= 4 is 17.9 Å². The Morgan fingerprint density at radius 2 is 2.29 bits per heavy atom. The van der Waals surface area contributed by atoms with E-state index in [0.29, 0.717) is 19.5 Å². The second-order valence-electron chi connectivity index (χ2n) is 3.66. The molecule has 0 aromatic heterocycles. The topological polar surface area (TPSA) is 125 Å². The van der Waals surface area contributed by atoms with Gasteiger partial charge in [0.05, 0.1) is 0 Å². The van der Waals surface area contributed by atoms with Gasteiger partial charge < -0.3 is 21.5 Å². The number of aliphatic carboxylic acids is 1. The van der Waals surface area contributed by atoms with Gasteiger partial charge in [-0.1, -0.05) is 0 Å². The summed E-state index contributed by atoms with van der Waals surface area (Å²) in [7, 11) is 0. The fourth-order valence-corrected chi connectivity index (χ4v) is 1.47. The number of amides is 3. The van der Waals surface area contributed by atoms with Gasteiger partial charge >= 0.3 is 12.0 Å². The maximum absolute atomic E-state index is 11.7. The zero-order valence-electron chi connectivity index (χ0n) is 9.31. The molecule has 96 valence electrons. The van der Waals surface area contributed by atoms with Crippen LogP contribution in [-0.2, 0) is 9.59 Å². The van der Waals surface area contributed by atoms with Gasteiger partial charge in [-0.15, -0.1) is 0 Å². The molecule has 0 aromatic carbocycles. The summed E-state index contributed by atoms with van der Waals surface area (Å²) < 4.78 is 0. The number of piperazine rings is 1. The average molecular weight is 244 g/mol. The van der Waals surface area contributed by atoms with Crippen molar-refractivity contribution in [2.75, 3.05) is 26.2 Å². The van der Waals surface area contributed by atoms with Crippen molar-refractivity contribution in [2.45, 2.75) is 12.5 Å². The highest BCUT2D eigenvalue weighted by atomic mass is 16.4. The number of carbonyl (C=O) groups excluding carboxylic acids is 2. The largest absolute Gasteiger partial charge is 0.480 e. The van der Waals surface area contributed by atoms with Crippen molar-refractivity contribution in [2.24, 2.45) is 5.73 Å². The summed E-state index contributed by atoms with van der Waals surface area (Å²) in [5.41, 5.74) is 5.27. The van der Waals surface area contributed by atoms with Crippen LogP contribution >= 0.6 is 0 Å². The zero-order chi connectivity index (χ0) is 12.8. The van der Waals surface area contributed by atoms with Crippen molar-refractivity contribution in [3.05, 3.63) is 0 Å². The van der Waals surface area contributed by atoms with Crippen LogP contribution < -0.4 is 16.4 Å². The smallest absolute Gasteiger partial charge is 0.328 e. The molecule has 0 radical (unpaired) electrons. The Bertz CT molecular complexity index is 320. The summed E-state index contributed by atoms with van der Waals surface area (Å²) in [6.07, 6.45) is 0.601. The summed E-state index contributed by atoms with van der Waals surface area (Å²) in [5.74, 6) is -1.50. The molecule has 1 aliphatic heterocycles. The fraction of sp³-hybridized carbons (Fsp3) is 0.667. The minimum Gasteiger partial charge on any atom is -0.480 e. The van der Waals surface area contributed by atoms with Gasteiger partial charge in [-0.05, 0) is 13.0 Å². The Morgan fingerprint density at radius 3 is 2.88 bits per heavy atom. The number of carbonyl (C=O) groups is 3. The lowest BCUT2D eigenvalue weighted by atomic mass is 10.2. The summed E-state index contributed by atoms with van der Waals surface area (Å²) in [5, 5.41) is 13.8. The van der Waals surface area contributed by atoms with Crippen LogP contribution in [-0.4, -0.2) is 60.1 Å². The molecule has 1 saturated heterocycles. The van der Waals surface area contributed by atoms with E-state index < -0.39 is 18.0 Å². The first kappa shape index (κ1) is 13.2. The molecule has 0 aliphatic carbocycles. The molecular weight excluding hydrogens is 228 g/mol. The lowest BCUT2D eigenvalue weighted by molar-refractivity contribution is -0.144. The zero-order valence-corrected chi connectivity index (χ0v) is 9.31. The Labute approximate surface area is 98.1 Å². The lowest BCUT2D eigenvalue weighted by Crippen LogP contribution is -2.61. The van der Waals surface area contributed by atoms with E-state index in [1.165, 1.54) is 0 Å². The molecule has 3 amide bonds. The number of nitrogens with zero attached hydrogens (tertiary/aromatic N) is 1. The van der Waals surface area contributed by atoms with Gasteiger partial charge in [0.1, 0.15) is 12.6 Å². The number of urea groups is 1. The highest BCUT2D eigenvalue weighted by Crippen LogP contribution is 2.04. The van der Waals surface area contributed by atoms with E-state index in [2.05, 4.69) is 10.6 Å². The molecule has 0 aromatic rings. The van der Waals surface area contributed by atoms with E-state index in [1.54, 1.807) is 0 Å². The normalized spacial score (nSPS) is 19.7. The second kappa shape index (κ2) is 6.04. The van der Waals surface area contributed by atoms with E-state index in [1.807, 2.05) is 0 Å². The second-order valence-corrected chi connectivity index (χ2v) is 3.66. The summed E-state index contributed by atoms with van der Waals surface area (Å²) >= 11 is 0. The van der Waals surface area contributed by atoms with E-state index >= 15 is 0 Å². The number of carboxylic acids is 1. The number of rotatable bonds is 4. The van der Waals surface area contributed by atoms with Crippen molar-refractivity contribution in [3.63, 3.8) is 0 Å². The number of nitrogens with two attached hydrogens (primary N) is 1. The van der Waals surface area contributed by atoms with Crippen LogP contribution in [0.4, 0.5) is 4.79 Å². The van der Waals surface area contributed by atoms with Crippen LogP contribution in [0.2, 0.25) is 0 Å². The first-order valence-electron chi connectivity index (χ1n) is 5.30. The predicted octanol–water partition coefficient (Wildman–Crippen LogP) is -2.07. The van der Waals surface area contributed by atoms with Gasteiger partial charge in [0, 0.05) is 13.1 Å². The van der Waals surface area contributed by atoms with Gasteiger partial charge in [0.25, 0.3) is 0 Å². The summed E-state index contributed by atoms with van der Waals surface area (Å²) in [6.45, 7) is 0.479. The van der Waals surface area contributed by atoms with Crippen LogP contribution in [0.25, 0.3) is 0 Å². The van der Waals surface area contributed by atoms with Crippen LogP contribution in [0.5, 0.6) is 0 Å². The Balaban J connectivity index is 2.59. The third-order valence-electron chi connectivity index (χ3n) is 2.39. The van der Waals surface area contributed by atoms with E-state index in [-0.39, 0.29) is 19.0 Å². The molecule has 1 aliphatic rings. The average Bonchev–Trinajstić information content (AvgIpc) is 2.28. The minimum absolute atomic E-state index is 0.0710. The van der Waals surface area contributed by atoms with Crippen LogP contribution in [0.3, 0.4) is 0 Å². The Kier molecular flexibility index (Phi) is 4.70. The maximum atomic E-state index is 11.7. The van der Waals surface area contributed by atoms with Crippen molar-refractivity contribution in [1.82, 2.24) is 15.5 Å². The standard InChI is InChI=1S/C9H16N4O4/c10-2-1-3-11-9(17)13-5-7(14)12-4-6(13)8(15)16/h6H,1-5,10H2,(H,11,17)(H,12,14)(H,15,16). The van der Waals surface area contributed by atoms with Crippen LogP contribution in [0, 0.1) is 0 Å². The molecule has 0 saturated carbocycles. The third kappa shape index (κ3) is 3.59. The molecule has 1 atom stereocenters. The number of hydrogen-bond acceptors (Lipinski definition) is 4. The molecule has 1 heterocycles. The minimum atomic E-state index is -1.14. The quantitative estimate of drug-likeness (QED) is 0.423. The molecule has 8 heteroatoms. The van der Waals surface area contributed by atoms with E-state index in [4.69, 9.17) is 10.8 Å². The molecule has 1 rings (SSSR count). The molecular formula is C9H16N4O4.